The van der Waals surface area contributed by atoms with Crippen LogP contribution in [0.5, 0.6) is 0 Å². The summed E-state index contributed by atoms with van der Waals surface area (Å²) in [5.74, 6) is 0.0917. The fourth-order valence-electron chi connectivity index (χ4n) is 5.98. The standard InChI is InChI=1S/C30H32BrN9O3/c1-14-26(19(25(32)27(33)42)8-20(37-14)17-11-34-15(2)35-12-17)36-13-24(41)40-21(9-30(3)10-22(30)40)29(43)39-28-18(16-4-5-16)6-7-23(31)38-28/h6-8,11-12,16,21-22,32,36H,4-5,9-10,13H2,1-3H3,(H2,33,42)(H,38,39,43)/t21-,22+,30-/m0/s1. The number of hydrogen-bond acceptors (Lipinski definition) is 9. The SMILES string of the molecule is Cc1ncc(-c2cc(C(=N)C(N)=O)c(NCC(=O)N3[C@H](C(=O)Nc4nc(Br)ccc4C4CC4)C[C@@]4(C)C[C@@H]34)c(C)n2)cn1. The molecule has 0 bridgehead atoms. The zero-order valence-electron chi connectivity index (χ0n) is 24.1. The molecule has 5 N–H and O–H groups in total. The first-order chi connectivity index (χ1) is 20.4. The van der Waals surface area contributed by atoms with Crippen LogP contribution in [-0.2, 0) is 14.4 Å². The van der Waals surface area contributed by atoms with E-state index in [1.165, 1.54) is 0 Å². The Kier molecular flexibility index (Phi) is 7.23. The van der Waals surface area contributed by atoms with Crippen molar-refractivity contribution in [2.45, 2.75) is 64.5 Å². The Balaban J connectivity index is 1.23. The van der Waals surface area contributed by atoms with Crippen LogP contribution in [0.3, 0.4) is 0 Å². The van der Waals surface area contributed by atoms with Gasteiger partial charge in [0, 0.05) is 29.6 Å². The lowest BCUT2D eigenvalue weighted by atomic mass is 10.0. The van der Waals surface area contributed by atoms with Crippen LogP contribution in [0.1, 0.15) is 61.2 Å². The van der Waals surface area contributed by atoms with Crippen LogP contribution in [0, 0.1) is 24.7 Å². The number of carbonyl (C=O) groups is 3. The second-order valence-corrected chi connectivity index (χ2v) is 12.7. The number of likely N-dealkylation sites (tertiary alicyclic amines) is 1. The molecular formula is C30H32BrN9O3. The van der Waals surface area contributed by atoms with Crippen LogP contribution in [-0.4, -0.2) is 66.9 Å². The number of halogens is 1. The molecular weight excluding hydrogens is 614 g/mol. The van der Waals surface area contributed by atoms with E-state index in [1.54, 1.807) is 37.2 Å². The summed E-state index contributed by atoms with van der Waals surface area (Å²) in [6.45, 7) is 5.42. The van der Waals surface area contributed by atoms with Crippen molar-refractivity contribution in [2.75, 3.05) is 17.2 Å². The number of hydrogen-bond donors (Lipinski definition) is 4. The number of piperidine rings is 1. The third-order valence-corrected chi connectivity index (χ3v) is 9.03. The number of nitrogens with one attached hydrogen (secondary N) is 3. The van der Waals surface area contributed by atoms with E-state index in [0.29, 0.717) is 51.2 Å². The van der Waals surface area contributed by atoms with E-state index in [9.17, 15) is 14.4 Å². The molecule has 6 rings (SSSR count). The zero-order chi connectivity index (χ0) is 30.6. The molecule has 4 heterocycles. The number of fused-ring (bicyclic) bond motifs is 1. The van der Waals surface area contributed by atoms with Crippen molar-refractivity contribution in [1.82, 2.24) is 24.8 Å². The molecule has 1 saturated heterocycles. The van der Waals surface area contributed by atoms with Gasteiger partial charge in [-0.05, 0) is 84.5 Å². The topological polar surface area (TPSA) is 180 Å². The first kappa shape index (κ1) is 28.8. The predicted molar refractivity (Wildman–Crippen MR) is 164 cm³/mol. The molecule has 13 heteroatoms. The second kappa shape index (κ2) is 10.8. The number of pyridine rings is 2. The maximum Gasteiger partial charge on any atom is 0.267 e. The number of nitrogens with zero attached hydrogens (tertiary/aromatic N) is 5. The van der Waals surface area contributed by atoms with Gasteiger partial charge in [0.05, 0.1) is 23.6 Å². The lowest BCUT2D eigenvalue weighted by Crippen LogP contribution is -2.47. The molecule has 3 aliphatic rings. The summed E-state index contributed by atoms with van der Waals surface area (Å²) in [5, 5.41) is 14.5. The highest BCUT2D eigenvalue weighted by Crippen LogP contribution is 2.59. The molecule has 3 aromatic rings. The third-order valence-electron chi connectivity index (χ3n) is 8.59. The van der Waals surface area contributed by atoms with Gasteiger partial charge in [-0.15, -0.1) is 0 Å². The minimum absolute atomic E-state index is 0.0394. The molecule has 0 unspecified atom stereocenters. The lowest BCUT2D eigenvalue weighted by Gasteiger charge is -2.27. The van der Waals surface area contributed by atoms with Gasteiger partial charge in [0.2, 0.25) is 11.8 Å². The van der Waals surface area contributed by atoms with Crippen LogP contribution in [0.15, 0.2) is 35.2 Å². The summed E-state index contributed by atoms with van der Waals surface area (Å²) >= 11 is 3.40. The lowest BCUT2D eigenvalue weighted by molar-refractivity contribution is -0.136. The van der Waals surface area contributed by atoms with Crippen LogP contribution >= 0.6 is 15.9 Å². The van der Waals surface area contributed by atoms with Crippen LogP contribution in [0.4, 0.5) is 11.5 Å². The number of aromatic nitrogens is 4. The normalized spacial score (nSPS) is 22.1. The molecule has 1 aliphatic heterocycles. The van der Waals surface area contributed by atoms with Gasteiger partial charge < -0.3 is 21.3 Å². The van der Waals surface area contributed by atoms with Crippen molar-refractivity contribution in [3.8, 4) is 11.3 Å². The largest absolute Gasteiger partial charge is 0.374 e. The summed E-state index contributed by atoms with van der Waals surface area (Å²) in [7, 11) is 0. The molecule has 0 spiro atoms. The van der Waals surface area contributed by atoms with Gasteiger partial charge in [-0.1, -0.05) is 13.0 Å². The smallest absolute Gasteiger partial charge is 0.267 e. The quantitative estimate of drug-likeness (QED) is 0.202. The van der Waals surface area contributed by atoms with E-state index in [4.69, 9.17) is 11.1 Å². The first-order valence-corrected chi connectivity index (χ1v) is 15.0. The van der Waals surface area contributed by atoms with Crippen molar-refractivity contribution in [3.05, 3.63) is 57.8 Å². The van der Waals surface area contributed by atoms with E-state index in [0.717, 1.165) is 24.8 Å². The highest BCUT2D eigenvalue weighted by molar-refractivity contribution is 9.10. The molecule has 3 aromatic heterocycles. The fourth-order valence-corrected chi connectivity index (χ4v) is 6.29. The van der Waals surface area contributed by atoms with Gasteiger partial charge in [0.15, 0.2) is 0 Å². The molecule has 222 valence electrons. The Labute approximate surface area is 256 Å². The summed E-state index contributed by atoms with van der Waals surface area (Å²) in [6.07, 6.45) is 6.75. The number of aryl methyl sites for hydroxylation is 2. The number of anilines is 2. The summed E-state index contributed by atoms with van der Waals surface area (Å²) in [4.78, 5) is 58.6. The molecule has 0 aromatic carbocycles. The molecule has 2 aliphatic carbocycles. The Morgan fingerprint density at radius 3 is 2.53 bits per heavy atom. The van der Waals surface area contributed by atoms with Gasteiger partial charge >= 0.3 is 0 Å². The molecule has 3 atom stereocenters. The fraction of sp³-hybridized carbons (Fsp3) is 0.400. The summed E-state index contributed by atoms with van der Waals surface area (Å²) < 4.78 is 0.632. The van der Waals surface area contributed by atoms with Crippen LogP contribution in [0.2, 0.25) is 0 Å². The highest BCUT2D eigenvalue weighted by Gasteiger charge is 2.64. The van der Waals surface area contributed by atoms with Crippen LogP contribution < -0.4 is 16.4 Å². The Morgan fingerprint density at radius 2 is 1.86 bits per heavy atom. The van der Waals surface area contributed by atoms with Crippen molar-refractivity contribution in [3.63, 3.8) is 0 Å². The molecule has 0 radical (unpaired) electrons. The van der Waals surface area contributed by atoms with Crippen molar-refractivity contribution >= 4 is 50.9 Å². The first-order valence-electron chi connectivity index (χ1n) is 14.2. The van der Waals surface area contributed by atoms with Gasteiger partial charge in [-0.3, -0.25) is 24.8 Å². The van der Waals surface area contributed by atoms with E-state index in [1.807, 2.05) is 12.1 Å². The molecule has 43 heavy (non-hydrogen) atoms. The monoisotopic (exact) mass is 645 g/mol. The summed E-state index contributed by atoms with van der Waals surface area (Å²) in [5.41, 5.74) is 8.06. The minimum atomic E-state index is -0.914. The summed E-state index contributed by atoms with van der Waals surface area (Å²) in [6, 6.07) is 4.74. The Morgan fingerprint density at radius 1 is 1.14 bits per heavy atom. The maximum atomic E-state index is 13.7. The molecule has 3 fully saturated rings. The number of amides is 3. The number of carbonyl (C=O) groups excluding carboxylic acids is 3. The van der Waals surface area contributed by atoms with Gasteiger partial charge in [-0.25, -0.2) is 15.0 Å². The van der Waals surface area contributed by atoms with Gasteiger partial charge in [-0.2, -0.15) is 0 Å². The average Bonchev–Trinajstić information content (AvgIpc) is 3.89. The third kappa shape index (κ3) is 5.61. The zero-order valence-corrected chi connectivity index (χ0v) is 25.7. The highest BCUT2D eigenvalue weighted by atomic mass is 79.9. The predicted octanol–water partition coefficient (Wildman–Crippen LogP) is 3.47. The van der Waals surface area contributed by atoms with Crippen LogP contribution in [0.25, 0.3) is 11.3 Å². The molecule has 12 nitrogen and oxygen atoms in total. The van der Waals surface area contributed by atoms with Crippen molar-refractivity contribution in [1.29, 1.82) is 5.41 Å². The number of primary amides is 1. The van der Waals surface area contributed by atoms with Gasteiger partial charge in [0.25, 0.3) is 5.91 Å². The second-order valence-electron chi connectivity index (χ2n) is 11.9. The van der Waals surface area contributed by atoms with E-state index in [-0.39, 0.29) is 35.4 Å². The van der Waals surface area contributed by atoms with Crippen molar-refractivity contribution < 1.29 is 14.4 Å². The van der Waals surface area contributed by atoms with E-state index < -0.39 is 17.7 Å². The van der Waals surface area contributed by atoms with Gasteiger partial charge in [0.1, 0.15) is 28.0 Å². The number of rotatable bonds is 9. The number of nitrogens with two attached hydrogens (primary N) is 1. The Hall–Kier alpha value is -4.26. The molecule has 3 amide bonds. The Bertz CT molecular complexity index is 1670. The average molecular weight is 647 g/mol. The van der Waals surface area contributed by atoms with E-state index in [2.05, 4.69) is 53.4 Å². The maximum absolute atomic E-state index is 13.7. The van der Waals surface area contributed by atoms with E-state index >= 15 is 0 Å². The minimum Gasteiger partial charge on any atom is -0.374 e. The van der Waals surface area contributed by atoms with Crippen molar-refractivity contribution in [2.24, 2.45) is 11.1 Å². The molecule has 2 saturated carbocycles.